The Labute approximate surface area is 98.1 Å². The van der Waals surface area contributed by atoms with E-state index in [4.69, 9.17) is 10.4 Å². The van der Waals surface area contributed by atoms with Crippen molar-refractivity contribution in [1.82, 2.24) is 4.90 Å². The van der Waals surface area contributed by atoms with Gasteiger partial charge in [-0.15, -0.1) is 0 Å². The highest BCUT2D eigenvalue weighted by atomic mass is 16.2. The van der Waals surface area contributed by atoms with Gasteiger partial charge in [0.25, 0.3) is 0 Å². The summed E-state index contributed by atoms with van der Waals surface area (Å²) in [6.07, 6.45) is 8.04. The normalized spacial score (nSPS) is 35.4. The number of nitrogens with zero attached hydrogens (tertiary/aromatic N) is 2. The van der Waals surface area contributed by atoms with Gasteiger partial charge in [-0.25, -0.2) is 0 Å². The van der Waals surface area contributed by atoms with Crippen molar-refractivity contribution in [2.24, 2.45) is 5.92 Å². The molecule has 0 aromatic rings. The third-order valence-corrected chi connectivity index (χ3v) is 4.19. The highest BCUT2D eigenvalue weighted by Crippen LogP contribution is 2.35. The van der Waals surface area contributed by atoms with Crippen molar-refractivity contribution < 1.29 is 5.11 Å². The van der Waals surface area contributed by atoms with E-state index in [0.717, 1.165) is 19.3 Å². The molecule has 1 saturated heterocycles. The second-order valence-corrected chi connectivity index (χ2v) is 5.13. The summed E-state index contributed by atoms with van der Waals surface area (Å²) in [5.74, 6) is 0.259. The Morgan fingerprint density at radius 2 is 2.12 bits per heavy atom. The zero-order chi connectivity index (χ0) is 11.4. The lowest BCUT2D eigenvalue weighted by Gasteiger charge is -2.32. The predicted octanol–water partition coefficient (Wildman–Crippen LogP) is 1.92. The summed E-state index contributed by atoms with van der Waals surface area (Å²) < 4.78 is 0. The van der Waals surface area contributed by atoms with Gasteiger partial charge in [-0.05, 0) is 45.1 Å². The van der Waals surface area contributed by atoms with Crippen LogP contribution in [-0.4, -0.2) is 35.2 Å². The molecule has 0 amide bonds. The van der Waals surface area contributed by atoms with Crippen LogP contribution in [0, 0.1) is 17.2 Å². The molecule has 3 nitrogen and oxygen atoms in total. The molecule has 0 spiro atoms. The Hall–Kier alpha value is -0.590. The first kappa shape index (κ1) is 11.9. The fourth-order valence-corrected chi connectivity index (χ4v) is 3.42. The Balaban J connectivity index is 1.94. The van der Waals surface area contributed by atoms with Crippen LogP contribution in [0.4, 0.5) is 0 Å². The highest BCUT2D eigenvalue weighted by Gasteiger charge is 2.37. The quantitative estimate of drug-likeness (QED) is 0.790. The molecular formula is C13H22N2O. The molecule has 3 atom stereocenters. The van der Waals surface area contributed by atoms with Crippen LogP contribution in [0.25, 0.3) is 0 Å². The predicted molar refractivity (Wildman–Crippen MR) is 62.8 cm³/mol. The second-order valence-electron chi connectivity index (χ2n) is 5.13. The van der Waals surface area contributed by atoms with Gasteiger partial charge in [-0.2, -0.15) is 5.26 Å². The van der Waals surface area contributed by atoms with E-state index < -0.39 is 0 Å². The van der Waals surface area contributed by atoms with Gasteiger partial charge in [0.05, 0.1) is 12.0 Å². The smallest absolute Gasteiger partial charge is 0.0672 e. The Kier molecular flexibility index (Phi) is 4.20. The molecule has 1 aliphatic heterocycles. The molecule has 1 heterocycles. The SMILES string of the molecule is N#CC1CCCC1N1CCCC1CCCO. The second kappa shape index (κ2) is 5.65. The summed E-state index contributed by atoms with van der Waals surface area (Å²) in [5, 5.41) is 18.0. The Morgan fingerprint density at radius 1 is 1.25 bits per heavy atom. The molecule has 1 N–H and O–H groups in total. The van der Waals surface area contributed by atoms with Crippen LogP contribution in [0.3, 0.4) is 0 Å². The number of hydrogen-bond donors (Lipinski definition) is 1. The maximum absolute atomic E-state index is 9.14. The third kappa shape index (κ3) is 2.39. The number of aliphatic hydroxyl groups is 1. The Bertz CT molecular complexity index is 261. The largest absolute Gasteiger partial charge is 0.396 e. The number of nitriles is 1. The van der Waals surface area contributed by atoms with Crippen molar-refractivity contribution in [3.05, 3.63) is 0 Å². The Morgan fingerprint density at radius 3 is 2.88 bits per heavy atom. The van der Waals surface area contributed by atoms with E-state index >= 15 is 0 Å². The van der Waals surface area contributed by atoms with Gasteiger partial charge >= 0.3 is 0 Å². The molecule has 0 radical (unpaired) electrons. The van der Waals surface area contributed by atoms with Gasteiger partial charge < -0.3 is 5.11 Å². The lowest BCUT2D eigenvalue weighted by atomic mass is 10.0. The van der Waals surface area contributed by atoms with E-state index in [-0.39, 0.29) is 5.92 Å². The number of aliphatic hydroxyl groups excluding tert-OH is 1. The average molecular weight is 222 g/mol. The lowest BCUT2D eigenvalue weighted by molar-refractivity contribution is 0.147. The highest BCUT2D eigenvalue weighted by molar-refractivity contribution is 5.00. The van der Waals surface area contributed by atoms with E-state index in [9.17, 15) is 0 Å². The number of hydrogen-bond acceptors (Lipinski definition) is 3. The molecule has 1 aliphatic carbocycles. The van der Waals surface area contributed by atoms with Crippen molar-refractivity contribution in [3.63, 3.8) is 0 Å². The van der Waals surface area contributed by atoms with Crippen LogP contribution in [0.5, 0.6) is 0 Å². The first-order valence-electron chi connectivity index (χ1n) is 6.63. The monoisotopic (exact) mass is 222 g/mol. The number of likely N-dealkylation sites (tertiary alicyclic amines) is 1. The van der Waals surface area contributed by atoms with Crippen LogP contribution < -0.4 is 0 Å². The molecule has 0 aromatic heterocycles. The van der Waals surface area contributed by atoms with Gasteiger partial charge in [-0.1, -0.05) is 6.42 Å². The summed E-state index contributed by atoms with van der Waals surface area (Å²) in [7, 11) is 0. The molecule has 90 valence electrons. The van der Waals surface area contributed by atoms with Gasteiger partial charge in [0.2, 0.25) is 0 Å². The van der Waals surface area contributed by atoms with Crippen LogP contribution in [0.2, 0.25) is 0 Å². The van der Waals surface area contributed by atoms with E-state index in [1.54, 1.807) is 0 Å². The summed E-state index contributed by atoms with van der Waals surface area (Å²) in [5.41, 5.74) is 0. The van der Waals surface area contributed by atoms with Crippen molar-refractivity contribution in [1.29, 1.82) is 5.26 Å². The molecule has 2 rings (SSSR count). The minimum absolute atomic E-state index is 0.259. The van der Waals surface area contributed by atoms with Gasteiger partial charge in [-0.3, -0.25) is 4.90 Å². The lowest BCUT2D eigenvalue weighted by Crippen LogP contribution is -2.41. The molecule has 2 aliphatic rings. The minimum Gasteiger partial charge on any atom is -0.396 e. The van der Waals surface area contributed by atoms with Gasteiger partial charge in [0.1, 0.15) is 0 Å². The van der Waals surface area contributed by atoms with Gasteiger partial charge in [0.15, 0.2) is 0 Å². The van der Waals surface area contributed by atoms with E-state index in [1.165, 1.54) is 32.2 Å². The van der Waals surface area contributed by atoms with Crippen LogP contribution >= 0.6 is 0 Å². The molecule has 16 heavy (non-hydrogen) atoms. The van der Waals surface area contributed by atoms with Crippen molar-refractivity contribution in [3.8, 4) is 6.07 Å². The first-order chi connectivity index (χ1) is 7.86. The summed E-state index contributed by atoms with van der Waals surface area (Å²) in [4.78, 5) is 2.57. The maximum atomic E-state index is 9.14. The molecule has 3 unspecified atom stereocenters. The average Bonchev–Trinajstić information content (AvgIpc) is 2.93. The molecule has 0 bridgehead atoms. The zero-order valence-electron chi connectivity index (χ0n) is 9.94. The van der Waals surface area contributed by atoms with Crippen LogP contribution in [0.1, 0.15) is 44.9 Å². The topological polar surface area (TPSA) is 47.3 Å². The molecule has 1 saturated carbocycles. The van der Waals surface area contributed by atoms with Gasteiger partial charge in [0, 0.05) is 18.7 Å². The standard InChI is InChI=1S/C13H22N2O/c14-10-11-4-1-7-13(11)15-8-2-5-12(15)6-3-9-16/h11-13,16H,1-9H2. The molecular weight excluding hydrogens is 200 g/mol. The van der Waals surface area contributed by atoms with E-state index in [2.05, 4.69) is 11.0 Å². The maximum Gasteiger partial charge on any atom is 0.0672 e. The fraction of sp³-hybridized carbons (Fsp3) is 0.923. The van der Waals surface area contributed by atoms with Crippen LogP contribution in [-0.2, 0) is 0 Å². The number of rotatable bonds is 4. The van der Waals surface area contributed by atoms with Crippen LogP contribution in [0.15, 0.2) is 0 Å². The summed E-state index contributed by atoms with van der Waals surface area (Å²) >= 11 is 0. The fourth-order valence-electron chi connectivity index (χ4n) is 3.42. The summed E-state index contributed by atoms with van der Waals surface area (Å²) in [6, 6.07) is 3.62. The van der Waals surface area contributed by atoms with Crippen molar-refractivity contribution >= 4 is 0 Å². The van der Waals surface area contributed by atoms with Crippen molar-refractivity contribution in [2.75, 3.05) is 13.2 Å². The van der Waals surface area contributed by atoms with E-state index in [0.29, 0.717) is 18.7 Å². The third-order valence-electron chi connectivity index (χ3n) is 4.19. The molecule has 2 fully saturated rings. The zero-order valence-corrected chi connectivity index (χ0v) is 9.94. The molecule has 3 heteroatoms. The van der Waals surface area contributed by atoms with E-state index in [1.807, 2.05) is 0 Å². The molecule has 0 aromatic carbocycles. The first-order valence-corrected chi connectivity index (χ1v) is 6.63. The summed E-state index contributed by atoms with van der Waals surface area (Å²) in [6.45, 7) is 1.47. The van der Waals surface area contributed by atoms with Crippen molar-refractivity contribution in [2.45, 2.75) is 57.0 Å². The minimum atomic E-state index is 0.259.